The highest BCUT2D eigenvalue weighted by molar-refractivity contribution is 7.88. The third kappa shape index (κ3) is 4.01. The van der Waals surface area contributed by atoms with E-state index in [4.69, 9.17) is 4.74 Å². The molecule has 0 saturated carbocycles. The topological polar surface area (TPSA) is 88.1 Å². The van der Waals surface area contributed by atoms with Gasteiger partial charge in [-0.1, -0.05) is 29.8 Å². The molecular formula is C16H21N3O4S. The summed E-state index contributed by atoms with van der Waals surface area (Å²) in [4.78, 5) is 12.4. The molecule has 1 aliphatic heterocycles. The number of nitrogens with zero attached hydrogens (tertiary/aromatic N) is 2. The van der Waals surface area contributed by atoms with Crippen LogP contribution in [-0.2, 0) is 19.7 Å². The van der Waals surface area contributed by atoms with Crippen molar-refractivity contribution >= 4 is 21.8 Å². The van der Waals surface area contributed by atoms with Crippen molar-refractivity contribution < 1.29 is 17.9 Å². The number of carbonyl (C=O) groups is 1. The van der Waals surface area contributed by atoms with E-state index in [1.807, 2.05) is 19.1 Å². The standard InChI is InChI=1S/C16H21N3O4S/c1-11-5-7-13(8-6-11)14-9-15(19(3)24(21,22)18-14)16(20)17-12(2)10-23-4/h5-9,12H,10H2,1-4H3,(H,17,20)/t12-/m0/s1. The first-order chi connectivity index (χ1) is 11.2. The van der Waals surface area contributed by atoms with Gasteiger partial charge in [-0.05, 0) is 19.9 Å². The van der Waals surface area contributed by atoms with Crippen LogP contribution in [-0.4, -0.2) is 51.1 Å². The van der Waals surface area contributed by atoms with Crippen LogP contribution in [0, 0.1) is 6.92 Å². The molecule has 24 heavy (non-hydrogen) atoms. The Morgan fingerprint density at radius 2 is 1.96 bits per heavy atom. The van der Waals surface area contributed by atoms with E-state index in [9.17, 15) is 13.2 Å². The highest BCUT2D eigenvalue weighted by atomic mass is 32.2. The lowest BCUT2D eigenvalue weighted by atomic mass is 10.1. The van der Waals surface area contributed by atoms with E-state index in [1.165, 1.54) is 20.2 Å². The third-order valence-corrected chi connectivity index (χ3v) is 4.86. The van der Waals surface area contributed by atoms with Gasteiger partial charge in [-0.3, -0.25) is 4.79 Å². The zero-order valence-electron chi connectivity index (χ0n) is 14.1. The van der Waals surface area contributed by atoms with Crippen molar-refractivity contribution in [1.82, 2.24) is 9.62 Å². The molecule has 0 unspecified atom stereocenters. The number of aryl methyl sites for hydroxylation is 1. The molecule has 1 amide bonds. The highest BCUT2D eigenvalue weighted by Crippen LogP contribution is 2.20. The minimum atomic E-state index is -3.95. The predicted molar refractivity (Wildman–Crippen MR) is 92.0 cm³/mol. The lowest BCUT2D eigenvalue weighted by Crippen LogP contribution is -2.42. The summed E-state index contributed by atoms with van der Waals surface area (Å²) in [6.45, 7) is 4.03. The van der Waals surface area contributed by atoms with Gasteiger partial charge >= 0.3 is 10.2 Å². The Labute approximate surface area is 142 Å². The van der Waals surface area contributed by atoms with E-state index in [2.05, 4.69) is 9.71 Å². The van der Waals surface area contributed by atoms with Crippen molar-refractivity contribution in [3.05, 3.63) is 47.2 Å². The first-order valence-corrected chi connectivity index (χ1v) is 8.81. The van der Waals surface area contributed by atoms with E-state index >= 15 is 0 Å². The number of ether oxygens (including phenoxy) is 1. The average Bonchev–Trinajstić information content (AvgIpc) is 2.50. The summed E-state index contributed by atoms with van der Waals surface area (Å²) in [5.41, 5.74) is 1.93. The molecule has 1 aromatic carbocycles. The van der Waals surface area contributed by atoms with E-state index in [-0.39, 0.29) is 17.5 Å². The molecule has 1 heterocycles. The number of hydrogen-bond acceptors (Lipinski definition) is 4. The molecular weight excluding hydrogens is 330 g/mol. The fourth-order valence-corrected chi connectivity index (χ4v) is 3.13. The molecule has 0 aliphatic carbocycles. The number of methoxy groups -OCH3 is 1. The minimum absolute atomic E-state index is 0.0172. The van der Waals surface area contributed by atoms with Crippen LogP contribution >= 0.6 is 0 Å². The van der Waals surface area contributed by atoms with Crippen molar-refractivity contribution in [3.63, 3.8) is 0 Å². The summed E-state index contributed by atoms with van der Waals surface area (Å²) < 4.78 is 34.1. The number of benzene rings is 1. The van der Waals surface area contributed by atoms with Crippen molar-refractivity contribution in [2.75, 3.05) is 20.8 Å². The maximum absolute atomic E-state index is 12.4. The van der Waals surface area contributed by atoms with Gasteiger partial charge in [0.2, 0.25) is 0 Å². The molecule has 8 heteroatoms. The molecule has 0 radical (unpaired) electrons. The number of carbonyl (C=O) groups excluding carboxylic acids is 1. The first kappa shape index (κ1) is 18.2. The minimum Gasteiger partial charge on any atom is -0.383 e. The van der Waals surface area contributed by atoms with Crippen LogP contribution in [0.5, 0.6) is 0 Å². The molecule has 7 nitrogen and oxygen atoms in total. The van der Waals surface area contributed by atoms with Gasteiger partial charge in [0.1, 0.15) is 5.70 Å². The fourth-order valence-electron chi connectivity index (χ4n) is 2.21. The molecule has 0 spiro atoms. The number of likely N-dealkylation sites (N-methyl/N-ethyl adjacent to an activating group) is 1. The largest absolute Gasteiger partial charge is 0.383 e. The van der Waals surface area contributed by atoms with Crippen LogP contribution in [0.25, 0.3) is 0 Å². The Morgan fingerprint density at radius 3 is 2.54 bits per heavy atom. The molecule has 1 aromatic rings. The molecule has 0 saturated heterocycles. The molecule has 0 bridgehead atoms. The second-order valence-corrected chi connectivity index (χ2v) is 7.27. The van der Waals surface area contributed by atoms with Gasteiger partial charge in [0.15, 0.2) is 0 Å². The van der Waals surface area contributed by atoms with Crippen molar-refractivity contribution in [2.45, 2.75) is 19.9 Å². The fraction of sp³-hybridized carbons (Fsp3) is 0.375. The normalized spacial score (nSPS) is 17.8. The first-order valence-electron chi connectivity index (χ1n) is 7.42. The maximum atomic E-state index is 12.4. The Bertz CT molecular complexity index is 782. The van der Waals surface area contributed by atoms with Gasteiger partial charge in [0.05, 0.1) is 12.3 Å². The van der Waals surface area contributed by atoms with Crippen LogP contribution < -0.4 is 5.32 Å². The lowest BCUT2D eigenvalue weighted by molar-refractivity contribution is -0.119. The summed E-state index contributed by atoms with van der Waals surface area (Å²) in [5, 5.41) is 2.71. The second-order valence-electron chi connectivity index (χ2n) is 5.65. The number of amides is 1. The van der Waals surface area contributed by atoms with Crippen molar-refractivity contribution in [2.24, 2.45) is 4.40 Å². The summed E-state index contributed by atoms with van der Waals surface area (Å²) in [6.07, 6.45) is 1.47. The summed E-state index contributed by atoms with van der Waals surface area (Å²) in [5.74, 6) is -0.495. The molecule has 2 rings (SSSR count). The van der Waals surface area contributed by atoms with Gasteiger partial charge in [-0.15, -0.1) is 4.40 Å². The van der Waals surface area contributed by atoms with Crippen LogP contribution in [0.2, 0.25) is 0 Å². The predicted octanol–water partition coefficient (Wildman–Crippen LogP) is 1.01. The van der Waals surface area contributed by atoms with Crippen molar-refractivity contribution in [1.29, 1.82) is 0 Å². The molecule has 0 aromatic heterocycles. The average molecular weight is 351 g/mol. The molecule has 1 atom stereocenters. The van der Waals surface area contributed by atoms with Crippen LogP contribution in [0.1, 0.15) is 18.1 Å². The summed E-state index contributed by atoms with van der Waals surface area (Å²) in [7, 11) is -1.12. The summed E-state index contributed by atoms with van der Waals surface area (Å²) in [6, 6.07) is 7.01. The Hall–Kier alpha value is -2.19. The van der Waals surface area contributed by atoms with Gasteiger partial charge in [0, 0.05) is 25.8 Å². The van der Waals surface area contributed by atoms with Crippen molar-refractivity contribution in [3.8, 4) is 0 Å². The van der Waals surface area contributed by atoms with Crippen LogP contribution in [0.15, 0.2) is 40.4 Å². The number of nitrogens with one attached hydrogen (secondary N) is 1. The van der Waals surface area contributed by atoms with Crippen LogP contribution in [0.4, 0.5) is 0 Å². The van der Waals surface area contributed by atoms with Gasteiger partial charge in [-0.25, -0.2) is 4.31 Å². The van der Waals surface area contributed by atoms with E-state index in [1.54, 1.807) is 19.1 Å². The zero-order valence-corrected chi connectivity index (χ0v) is 14.9. The number of hydrogen-bond donors (Lipinski definition) is 1. The zero-order chi connectivity index (χ0) is 17.9. The number of rotatable bonds is 5. The van der Waals surface area contributed by atoms with E-state index in [0.29, 0.717) is 12.2 Å². The Balaban J connectivity index is 2.37. The monoisotopic (exact) mass is 351 g/mol. The lowest BCUT2D eigenvalue weighted by Gasteiger charge is -2.24. The van der Waals surface area contributed by atoms with Crippen LogP contribution in [0.3, 0.4) is 0 Å². The molecule has 0 fully saturated rings. The molecule has 130 valence electrons. The van der Waals surface area contributed by atoms with Gasteiger partial charge in [-0.2, -0.15) is 8.42 Å². The Kier molecular flexibility index (Phi) is 5.40. The highest BCUT2D eigenvalue weighted by Gasteiger charge is 2.30. The number of allylic oxidation sites excluding steroid dienone is 1. The molecule has 1 aliphatic rings. The quantitative estimate of drug-likeness (QED) is 0.857. The smallest absolute Gasteiger partial charge is 0.345 e. The second kappa shape index (κ2) is 7.14. The Morgan fingerprint density at radius 1 is 1.33 bits per heavy atom. The molecule has 1 N–H and O–H groups in total. The maximum Gasteiger partial charge on any atom is 0.345 e. The van der Waals surface area contributed by atoms with Gasteiger partial charge < -0.3 is 10.1 Å². The summed E-state index contributed by atoms with van der Waals surface area (Å²) >= 11 is 0. The third-order valence-electron chi connectivity index (χ3n) is 3.55. The SMILES string of the molecule is COC[C@H](C)NC(=O)C1=CC(c2ccc(C)cc2)=NS(=O)(=O)N1C. The van der Waals surface area contributed by atoms with Gasteiger partial charge in [0.25, 0.3) is 5.91 Å². The van der Waals surface area contributed by atoms with E-state index < -0.39 is 16.1 Å². The van der Waals surface area contributed by atoms with E-state index in [0.717, 1.165) is 9.87 Å².